The van der Waals surface area contributed by atoms with E-state index < -0.39 is 0 Å². The van der Waals surface area contributed by atoms with Gasteiger partial charge in [-0.3, -0.25) is 9.98 Å². The van der Waals surface area contributed by atoms with E-state index in [1.807, 2.05) is 109 Å². The summed E-state index contributed by atoms with van der Waals surface area (Å²) in [5.41, 5.74) is 5.26. The van der Waals surface area contributed by atoms with Crippen molar-refractivity contribution in [2.24, 2.45) is 20.2 Å². The first kappa shape index (κ1) is 46.8. The van der Waals surface area contributed by atoms with Crippen molar-refractivity contribution in [1.29, 1.82) is 0 Å². The van der Waals surface area contributed by atoms with E-state index in [0.717, 1.165) is 124 Å². The Hall–Kier alpha value is -4.74. The minimum absolute atomic E-state index is 0.378. The Morgan fingerprint density at radius 2 is 0.694 bits per heavy atom. The summed E-state index contributed by atoms with van der Waals surface area (Å²) in [6, 6.07) is 31.6. The average molecular weight is 845 g/mol. The van der Waals surface area contributed by atoms with Crippen LogP contribution in [0.15, 0.2) is 117 Å². The van der Waals surface area contributed by atoms with Gasteiger partial charge in [-0.1, -0.05) is 77.0 Å². The number of hydrogen-bond donors (Lipinski definition) is 0. The Labute approximate surface area is 370 Å². The Morgan fingerprint density at radius 1 is 0.387 bits per heavy atom. The van der Waals surface area contributed by atoms with E-state index in [4.69, 9.17) is 28.4 Å². The standard InChI is InChI=1S/C52H68N4O6/c1(5-9-13-33-57-39-51-41-61-51)3-7-11-15-35-59-49-29-17-43(18-30-49)37-53-45-21-25-47(26-22-45)55-56-48-27-23-46(24-28-48)54-38-44-19-31-50(32-20-44)60-36-16-12-8-4-2-6-10-14-34-58-40-52-42-62-52/h17-32,37-38,51-52H,1-16,33-36,39-42H2. The van der Waals surface area contributed by atoms with Crippen LogP contribution in [0, 0.1) is 0 Å². The third-order valence-corrected chi connectivity index (χ3v) is 10.8. The van der Waals surface area contributed by atoms with E-state index in [2.05, 4.69) is 20.2 Å². The molecule has 2 atom stereocenters. The van der Waals surface area contributed by atoms with Gasteiger partial charge in [0.2, 0.25) is 0 Å². The zero-order valence-electron chi connectivity index (χ0n) is 36.8. The van der Waals surface area contributed by atoms with E-state index >= 15 is 0 Å². The molecule has 10 nitrogen and oxygen atoms in total. The molecule has 332 valence electrons. The molecule has 0 N–H and O–H groups in total. The van der Waals surface area contributed by atoms with Crippen LogP contribution in [0.3, 0.4) is 0 Å². The number of aliphatic imine (C=N–C) groups is 2. The lowest BCUT2D eigenvalue weighted by molar-refractivity contribution is 0.113. The van der Waals surface area contributed by atoms with Crippen LogP contribution >= 0.6 is 0 Å². The maximum absolute atomic E-state index is 5.97. The van der Waals surface area contributed by atoms with E-state index in [9.17, 15) is 0 Å². The molecule has 2 aliphatic rings. The SMILES string of the molecule is C(=Nc1ccc(N=Nc2ccc(N=Cc3ccc(OCCCCCCCCCCOCC4CO4)cc3)cc2)cc1)c1ccc(OCCCCCCCCCCOCC2CO2)cc1. The van der Waals surface area contributed by atoms with E-state index in [1.165, 1.54) is 77.0 Å². The van der Waals surface area contributed by atoms with Crippen LogP contribution in [0.5, 0.6) is 11.5 Å². The lowest BCUT2D eigenvalue weighted by Crippen LogP contribution is -2.02. The Morgan fingerprint density at radius 3 is 1.03 bits per heavy atom. The van der Waals surface area contributed by atoms with Crippen molar-refractivity contribution < 1.29 is 28.4 Å². The molecule has 2 fully saturated rings. The van der Waals surface area contributed by atoms with Crippen molar-refractivity contribution in [3.8, 4) is 11.5 Å². The van der Waals surface area contributed by atoms with Crippen molar-refractivity contribution in [3.05, 3.63) is 108 Å². The molecule has 0 amide bonds. The summed E-state index contributed by atoms with van der Waals surface area (Å²) in [4.78, 5) is 9.26. The maximum Gasteiger partial charge on any atom is 0.119 e. The van der Waals surface area contributed by atoms with E-state index in [1.54, 1.807) is 0 Å². The first-order valence-electron chi connectivity index (χ1n) is 23.3. The first-order valence-corrected chi connectivity index (χ1v) is 23.3. The highest BCUT2D eigenvalue weighted by Crippen LogP contribution is 2.24. The highest BCUT2D eigenvalue weighted by molar-refractivity contribution is 5.82. The summed E-state index contributed by atoms with van der Waals surface area (Å²) in [5, 5.41) is 8.81. The van der Waals surface area contributed by atoms with Crippen LogP contribution in [0.1, 0.15) is 114 Å². The van der Waals surface area contributed by atoms with Crippen molar-refractivity contribution >= 4 is 35.2 Å². The Balaban J connectivity index is 0.775. The van der Waals surface area contributed by atoms with Gasteiger partial charge in [0.15, 0.2) is 0 Å². The van der Waals surface area contributed by atoms with Gasteiger partial charge in [0.1, 0.15) is 23.7 Å². The molecular weight excluding hydrogens is 777 g/mol. The molecule has 2 saturated heterocycles. The number of nitrogens with zero attached hydrogens (tertiary/aromatic N) is 4. The van der Waals surface area contributed by atoms with Gasteiger partial charge in [0.05, 0.1) is 62.4 Å². The lowest BCUT2D eigenvalue weighted by Gasteiger charge is -2.06. The zero-order valence-corrected chi connectivity index (χ0v) is 36.8. The normalized spacial score (nSPS) is 15.9. The second kappa shape index (κ2) is 28.8. The maximum atomic E-state index is 5.97. The number of epoxide rings is 2. The molecule has 0 aromatic heterocycles. The van der Waals surface area contributed by atoms with Crippen LogP contribution in [-0.4, -0.2) is 77.5 Å². The fourth-order valence-corrected chi connectivity index (χ4v) is 6.80. The fraction of sp³-hybridized carbons (Fsp3) is 0.500. The summed E-state index contributed by atoms with van der Waals surface area (Å²) in [5.74, 6) is 1.79. The van der Waals surface area contributed by atoms with Gasteiger partial charge in [-0.2, -0.15) is 10.2 Å². The number of ether oxygens (including phenoxy) is 6. The molecule has 0 spiro atoms. The average Bonchev–Trinajstić information content (AvgIpc) is 4.26. The highest BCUT2D eigenvalue weighted by Gasteiger charge is 2.22. The summed E-state index contributed by atoms with van der Waals surface area (Å²) >= 11 is 0. The molecule has 0 aliphatic carbocycles. The second-order valence-electron chi connectivity index (χ2n) is 16.3. The largest absolute Gasteiger partial charge is 0.494 e. The summed E-state index contributed by atoms with van der Waals surface area (Å²) in [6.07, 6.45) is 24.3. The minimum Gasteiger partial charge on any atom is -0.494 e. The molecular formula is C52H68N4O6. The molecule has 10 heteroatoms. The van der Waals surface area contributed by atoms with Crippen LogP contribution in [0.2, 0.25) is 0 Å². The Bertz CT molecular complexity index is 1720. The van der Waals surface area contributed by atoms with Crippen molar-refractivity contribution in [1.82, 2.24) is 0 Å². The first-order chi connectivity index (χ1) is 30.7. The second-order valence-corrected chi connectivity index (χ2v) is 16.3. The number of azo groups is 1. The van der Waals surface area contributed by atoms with Crippen molar-refractivity contribution in [2.45, 2.75) is 115 Å². The van der Waals surface area contributed by atoms with Gasteiger partial charge in [0, 0.05) is 25.6 Å². The predicted octanol–water partition coefficient (Wildman–Crippen LogP) is 13.4. The Kier molecular flexibility index (Phi) is 21.7. The fourth-order valence-electron chi connectivity index (χ4n) is 6.80. The number of benzene rings is 4. The molecule has 0 radical (unpaired) electrons. The highest BCUT2D eigenvalue weighted by atomic mass is 16.6. The van der Waals surface area contributed by atoms with Gasteiger partial charge in [-0.25, -0.2) is 0 Å². The monoisotopic (exact) mass is 845 g/mol. The summed E-state index contributed by atoms with van der Waals surface area (Å²) < 4.78 is 33.4. The third kappa shape index (κ3) is 20.9. The molecule has 6 rings (SSSR count). The van der Waals surface area contributed by atoms with Crippen LogP contribution in [0.25, 0.3) is 0 Å². The molecule has 62 heavy (non-hydrogen) atoms. The molecule has 2 aliphatic heterocycles. The van der Waals surface area contributed by atoms with Gasteiger partial charge < -0.3 is 28.4 Å². The van der Waals surface area contributed by atoms with Crippen LogP contribution in [0.4, 0.5) is 22.7 Å². The molecule has 2 heterocycles. The quantitative estimate of drug-likeness (QED) is 0.0200. The van der Waals surface area contributed by atoms with E-state index in [-0.39, 0.29) is 0 Å². The van der Waals surface area contributed by atoms with Crippen LogP contribution < -0.4 is 9.47 Å². The zero-order chi connectivity index (χ0) is 42.5. The smallest absolute Gasteiger partial charge is 0.119 e. The van der Waals surface area contributed by atoms with Gasteiger partial charge in [-0.15, -0.1) is 0 Å². The molecule has 4 aromatic carbocycles. The molecule has 0 saturated carbocycles. The number of rotatable bonds is 34. The van der Waals surface area contributed by atoms with Crippen molar-refractivity contribution in [3.63, 3.8) is 0 Å². The summed E-state index contributed by atoms with van der Waals surface area (Å²) in [7, 11) is 0. The minimum atomic E-state index is 0.378. The van der Waals surface area contributed by atoms with E-state index in [0.29, 0.717) is 12.2 Å². The van der Waals surface area contributed by atoms with Gasteiger partial charge in [-0.05, 0) is 134 Å². The number of unbranched alkanes of at least 4 members (excludes halogenated alkanes) is 14. The van der Waals surface area contributed by atoms with Gasteiger partial charge in [0.25, 0.3) is 0 Å². The van der Waals surface area contributed by atoms with Crippen molar-refractivity contribution in [2.75, 3.05) is 52.9 Å². The summed E-state index contributed by atoms with van der Waals surface area (Å²) in [6.45, 7) is 6.54. The molecule has 2 unspecified atom stereocenters. The third-order valence-electron chi connectivity index (χ3n) is 10.8. The topological polar surface area (TPSA) is 111 Å². The molecule has 4 aromatic rings. The lowest BCUT2D eigenvalue weighted by atomic mass is 10.1. The predicted molar refractivity (Wildman–Crippen MR) is 250 cm³/mol. The number of hydrogen-bond acceptors (Lipinski definition) is 10. The van der Waals surface area contributed by atoms with Crippen LogP contribution in [-0.2, 0) is 18.9 Å². The van der Waals surface area contributed by atoms with Gasteiger partial charge >= 0.3 is 0 Å². The molecule has 0 bridgehead atoms.